The maximum Gasteiger partial charge on any atom is 0.203 e. The van der Waals surface area contributed by atoms with Crippen molar-refractivity contribution in [1.82, 2.24) is 4.98 Å². The standard InChI is InChI=1S/C26H27NO5.HI/c1-5-23(32-21-10-7-18(17-28)8-11-21)22-16-27-13-12-20(22)9-6-19-14-24(29-2)26(31-4)25(15-19)30-3;/h6-17,23H,5H2,1-4H3;1H. The summed E-state index contributed by atoms with van der Waals surface area (Å²) in [7, 11) is 4.77. The molecule has 0 aliphatic carbocycles. The number of aromatic nitrogens is 1. The Bertz CT molecular complexity index is 1060. The number of halogens is 1. The van der Waals surface area contributed by atoms with Crippen LogP contribution in [0.4, 0.5) is 0 Å². The number of benzene rings is 2. The first-order chi connectivity index (χ1) is 15.6. The van der Waals surface area contributed by atoms with Crippen LogP contribution in [0.1, 0.15) is 46.5 Å². The lowest BCUT2D eigenvalue weighted by atomic mass is 10.0. The molecule has 1 heterocycles. The molecule has 1 aromatic heterocycles. The van der Waals surface area contributed by atoms with Gasteiger partial charge in [0.15, 0.2) is 11.5 Å². The maximum absolute atomic E-state index is 10.9. The van der Waals surface area contributed by atoms with E-state index in [9.17, 15) is 4.79 Å². The van der Waals surface area contributed by atoms with E-state index in [1.165, 1.54) is 0 Å². The van der Waals surface area contributed by atoms with Crippen molar-refractivity contribution in [2.24, 2.45) is 0 Å². The van der Waals surface area contributed by atoms with E-state index in [2.05, 4.69) is 11.9 Å². The average Bonchev–Trinajstić information content (AvgIpc) is 2.85. The number of rotatable bonds is 10. The highest BCUT2D eigenvalue weighted by Gasteiger charge is 2.16. The Kier molecular flexibility index (Phi) is 10.2. The van der Waals surface area contributed by atoms with Gasteiger partial charge in [-0.2, -0.15) is 0 Å². The normalized spacial score (nSPS) is 11.4. The fraction of sp³-hybridized carbons (Fsp3) is 0.231. The molecule has 3 rings (SSSR count). The topological polar surface area (TPSA) is 66.9 Å². The third-order valence-electron chi connectivity index (χ3n) is 5.04. The van der Waals surface area contributed by atoms with Gasteiger partial charge in [0.05, 0.1) is 21.3 Å². The molecule has 0 aliphatic rings. The molecule has 0 bridgehead atoms. The Morgan fingerprint density at radius 2 is 1.58 bits per heavy atom. The lowest BCUT2D eigenvalue weighted by Crippen LogP contribution is -2.08. The number of hydrogen-bond acceptors (Lipinski definition) is 6. The van der Waals surface area contributed by atoms with Crippen molar-refractivity contribution in [2.45, 2.75) is 19.4 Å². The van der Waals surface area contributed by atoms with E-state index in [1.807, 2.05) is 36.5 Å². The second-order valence-corrected chi connectivity index (χ2v) is 7.00. The molecule has 0 amide bonds. The fourth-order valence-corrected chi connectivity index (χ4v) is 3.38. The molecule has 174 valence electrons. The van der Waals surface area contributed by atoms with Crippen LogP contribution in [0, 0.1) is 0 Å². The molecule has 0 radical (unpaired) electrons. The van der Waals surface area contributed by atoms with Crippen LogP contribution < -0.4 is 18.9 Å². The summed E-state index contributed by atoms with van der Waals surface area (Å²) in [6, 6.07) is 12.8. The van der Waals surface area contributed by atoms with Gasteiger partial charge in [0.25, 0.3) is 0 Å². The van der Waals surface area contributed by atoms with Crippen LogP contribution in [0.15, 0.2) is 54.9 Å². The van der Waals surface area contributed by atoms with Gasteiger partial charge in [-0.05, 0) is 60.0 Å². The molecule has 1 unspecified atom stereocenters. The summed E-state index contributed by atoms with van der Waals surface area (Å²) in [5.74, 6) is 2.44. The van der Waals surface area contributed by atoms with Gasteiger partial charge in [-0.1, -0.05) is 19.1 Å². The molecule has 6 nitrogen and oxygen atoms in total. The number of nitrogens with zero attached hydrogens (tertiary/aromatic N) is 1. The van der Waals surface area contributed by atoms with Gasteiger partial charge in [0.2, 0.25) is 5.75 Å². The molecule has 0 saturated heterocycles. The number of carbonyl (C=O) groups excluding carboxylic acids is 1. The van der Waals surface area contributed by atoms with Crippen molar-refractivity contribution in [3.8, 4) is 23.0 Å². The van der Waals surface area contributed by atoms with Crippen LogP contribution in [-0.2, 0) is 0 Å². The summed E-state index contributed by atoms with van der Waals surface area (Å²) in [5.41, 5.74) is 3.48. The fourth-order valence-electron chi connectivity index (χ4n) is 3.38. The lowest BCUT2D eigenvalue weighted by Gasteiger charge is -2.19. The van der Waals surface area contributed by atoms with Crippen LogP contribution in [0.2, 0.25) is 0 Å². The van der Waals surface area contributed by atoms with E-state index in [-0.39, 0.29) is 30.1 Å². The highest BCUT2D eigenvalue weighted by molar-refractivity contribution is 14.0. The first-order valence-electron chi connectivity index (χ1n) is 10.3. The molecule has 0 saturated carbocycles. The number of hydrogen-bond donors (Lipinski definition) is 0. The zero-order valence-corrected chi connectivity index (χ0v) is 21.4. The molecule has 3 aromatic rings. The minimum atomic E-state index is -0.189. The summed E-state index contributed by atoms with van der Waals surface area (Å²) in [4.78, 5) is 15.2. The van der Waals surface area contributed by atoms with Crippen molar-refractivity contribution < 1.29 is 23.7 Å². The second-order valence-electron chi connectivity index (χ2n) is 7.00. The first-order valence-corrected chi connectivity index (χ1v) is 10.3. The van der Waals surface area contributed by atoms with Crippen LogP contribution in [0.25, 0.3) is 12.2 Å². The molecular weight excluding hydrogens is 533 g/mol. The smallest absolute Gasteiger partial charge is 0.203 e. The SMILES string of the molecule is CCC(Oc1ccc(C=O)cc1)c1cnccc1C=Cc1cc(OC)c(OC)c(OC)c1.I. The van der Waals surface area contributed by atoms with Crippen molar-refractivity contribution >= 4 is 42.4 Å². The van der Waals surface area contributed by atoms with Crippen molar-refractivity contribution in [3.63, 3.8) is 0 Å². The van der Waals surface area contributed by atoms with Gasteiger partial charge in [-0.3, -0.25) is 9.78 Å². The third kappa shape index (κ3) is 6.47. The van der Waals surface area contributed by atoms with Gasteiger partial charge in [0.1, 0.15) is 18.1 Å². The number of pyridine rings is 1. The molecule has 1 atom stereocenters. The number of carbonyl (C=O) groups is 1. The van der Waals surface area contributed by atoms with Crippen LogP contribution in [-0.4, -0.2) is 32.6 Å². The van der Waals surface area contributed by atoms with E-state index in [4.69, 9.17) is 18.9 Å². The monoisotopic (exact) mass is 561 g/mol. The molecule has 0 aliphatic heterocycles. The van der Waals surface area contributed by atoms with Crippen molar-refractivity contribution in [3.05, 3.63) is 77.1 Å². The van der Waals surface area contributed by atoms with E-state index in [0.29, 0.717) is 28.6 Å². The van der Waals surface area contributed by atoms with E-state index < -0.39 is 0 Å². The Morgan fingerprint density at radius 1 is 0.909 bits per heavy atom. The zero-order valence-electron chi connectivity index (χ0n) is 19.1. The Morgan fingerprint density at radius 3 is 2.12 bits per heavy atom. The molecule has 7 heteroatoms. The highest BCUT2D eigenvalue weighted by Crippen LogP contribution is 2.38. The summed E-state index contributed by atoms with van der Waals surface area (Å²) in [6.07, 6.45) is 8.95. The average molecular weight is 561 g/mol. The van der Waals surface area contributed by atoms with Gasteiger partial charge < -0.3 is 18.9 Å². The number of aldehydes is 1. The summed E-state index contributed by atoms with van der Waals surface area (Å²) >= 11 is 0. The largest absolute Gasteiger partial charge is 0.493 e. The first kappa shape index (κ1) is 26.2. The number of methoxy groups -OCH3 is 3. The maximum atomic E-state index is 10.9. The molecule has 0 N–H and O–H groups in total. The van der Waals surface area contributed by atoms with Gasteiger partial charge in [0, 0.05) is 23.5 Å². The second kappa shape index (κ2) is 12.8. The lowest BCUT2D eigenvalue weighted by molar-refractivity contribution is 0.112. The minimum absolute atomic E-state index is 0. The third-order valence-corrected chi connectivity index (χ3v) is 5.04. The summed E-state index contributed by atoms with van der Waals surface area (Å²) in [5, 5.41) is 0. The molecule has 0 spiro atoms. The number of ether oxygens (including phenoxy) is 4. The Labute approximate surface area is 211 Å². The van der Waals surface area contributed by atoms with Crippen molar-refractivity contribution in [2.75, 3.05) is 21.3 Å². The molecule has 0 fully saturated rings. The minimum Gasteiger partial charge on any atom is -0.493 e. The molecule has 33 heavy (non-hydrogen) atoms. The van der Waals surface area contributed by atoms with Crippen molar-refractivity contribution in [1.29, 1.82) is 0 Å². The quantitative estimate of drug-likeness (QED) is 0.216. The van der Waals surface area contributed by atoms with Crippen LogP contribution in [0.5, 0.6) is 23.0 Å². The van der Waals surface area contributed by atoms with E-state index in [1.54, 1.807) is 51.8 Å². The van der Waals surface area contributed by atoms with E-state index in [0.717, 1.165) is 29.4 Å². The molecule has 2 aromatic carbocycles. The summed E-state index contributed by atoms with van der Waals surface area (Å²) in [6.45, 7) is 2.06. The Hall–Kier alpha value is -3.07. The molecular formula is C26H28INO5. The van der Waals surface area contributed by atoms with E-state index >= 15 is 0 Å². The van der Waals surface area contributed by atoms with Crippen LogP contribution >= 0.6 is 24.0 Å². The summed E-state index contributed by atoms with van der Waals surface area (Å²) < 4.78 is 22.5. The highest BCUT2D eigenvalue weighted by atomic mass is 127. The predicted octanol–water partition coefficient (Wildman–Crippen LogP) is 6.24. The van der Waals surface area contributed by atoms with Gasteiger partial charge in [-0.25, -0.2) is 0 Å². The van der Waals surface area contributed by atoms with Gasteiger partial charge >= 0.3 is 0 Å². The van der Waals surface area contributed by atoms with Gasteiger partial charge in [-0.15, -0.1) is 24.0 Å². The predicted molar refractivity (Wildman–Crippen MR) is 140 cm³/mol. The van der Waals surface area contributed by atoms with Crippen LogP contribution in [0.3, 0.4) is 0 Å². The Balaban J connectivity index is 0.00000385. The zero-order chi connectivity index (χ0) is 22.9.